The van der Waals surface area contributed by atoms with Gasteiger partial charge in [-0.05, 0) is 70.9 Å². The van der Waals surface area contributed by atoms with Crippen molar-refractivity contribution < 1.29 is 57.2 Å². The second kappa shape index (κ2) is 12.2. The maximum Gasteiger partial charge on any atom is 0.411 e. The zero-order valence-corrected chi connectivity index (χ0v) is 28.2. The first-order valence-electron chi connectivity index (χ1n) is 15.3. The molecule has 0 bridgehead atoms. The van der Waals surface area contributed by atoms with Crippen LogP contribution in [0.15, 0.2) is 47.6 Å². The number of halogens is 7. The third kappa shape index (κ3) is 9.26. The van der Waals surface area contributed by atoms with E-state index >= 15 is 0 Å². The predicted molar refractivity (Wildman–Crippen MR) is 166 cm³/mol. The van der Waals surface area contributed by atoms with Crippen molar-refractivity contribution in [2.24, 2.45) is 0 Å². The number of anilines is 1. The van der Waals surface area contributed by atoms with Crippen LogP contribution in [0.4, 0.5) is 38.7 Å². The highest BCUT2D eigenvalue weighted by Gasteiger charge is 2.65. The number of carbonyl (C=O) groups excluding carboxylic acids is 3. The van der Waals surface area contributed by atoms with Crippen LogP contribution in [0.2, 0.25) is 0 Å². The number of ether oxygens (including phenoxy) is 2. The molecule has 1 aromatic heterocycles. The normalized spacial score (nSPS) is 23.5. The van der Waals surface area contributed by atoms with Crippen LogP contribution in [-0.4, -0.2) is 75.8 Å². The van der Waals surface area contributed by atoms with Gasteiger partial charge in [-0.2, -0.15) is 0 Å². The van der Waals surface area contributed by atoms with Crippen molar-refractivity contribution in [3.8, 4) is 5.75 Å². The molecule has 2 fully saturated rings. The number of pyridine rings is 1. The molecule has 2 N–H and O–H groups in total. The van der Waals surface area contributed by atoms with Crippen LogP contribution in [0.1, 0.15) is 71.4 Å². The Balaban J connectivity index is 1.90. The minimum atomic E-state index is -10.2. The van der Waals surface area contributed by atoms with E-state index in [-0.39, 0.29) is 36.3 Å². The molecule has 2 heterocycles. The van der Waals surface area contributed by atoms with Gasteiger partial charge in [0.2, 0.25) is 11.8 Å². The smallest absolute Gasteiger partial charge is 0.411 e. The summed E-state index contributed by atoms with van der Waals surface area (Å²) in [6.07, 6.45) is -0.380. The Morgan fingerprint density at radius 2 is 1.65 bits per heavy atom. The number of rotatable bonds is 8. The highest BCUT2D eigenvalue weighted by molar-refractivity contribution is 8.45. The maximum absolute atomic E-state index is 14.7. The standard InChI is InChI=1S/C31H39F7N4O6S/c1-29(2,3)48-28(45)41-18-30(4,46)16-23(41)27(44)42(20-6-8-21(9-7-20)49(34,35,36,37)38)25(22-17-39-15-12-24(22)47-5)26(43)40-19-10-13-31(32,33)14-11-19/h6-9,12,15,17,19,23,25,46H,10-11,13-14,16,18H2,1-5H3,(H,40,43)/t23-,25?,30-/m1/s1. The topological polar surface area (TPSA) is 121 Å². The van der Waals surface area contributed by atoms with Crippen molar-refractivity contribution in [1.82, 2.24) is 15.2 Å². The molecule has 1 saturated carbocycles. The van der Waals surface area contributed by atoms with E-state index in [1.54, 1.807) is 20.8 Å². The molecule has 49 heavy (non-hydrogen) atoms. The SMILES string of the molecule is COc1ccncc1C(C(=O)NC1CCC(F)(F)CC1)N(C(=O)[C@H]1C[C@@](C)(O)CN1C(=O)OC(C)(C)C)c1ccc(S(F)(F)(F)(F)F)cc1. The third-order valence-corrected chi connectivity index (χ3v) is 9.29. The van der Waals surface area contributed by atoms with E-state index in [2.05, 4.69) is 10.3 Å². The van der Waals surface area contributed by atoms with Gasteiger partial charge >= 0.3 is 16.3 Å². The molecule has 1 aliphatic heterocycles. The van der Waals surface area contributed by atoms with Gasteiger partial charge in [0, 0.05) is 48.9 Å². The van der Waals surface area contributed by atoms with E-state index in [4.69, 9.17) is 9.47 Å². The Morgan fingerprint density at radius 1 is 1.06 bits per heavy atom. The van der Waals surface area contributed by atoms with Gasteiger partial charge in [0.1, 0.15) is 28.3 Å². The lowest BCUT2D eigenvalue weighted by Crippen LogP contribution is -2.54. The molecule has 0 spiro atoms. The Kier molecular flexibility index (Phi) is 9.47. The number of methoxy groups -OCH3 is 1. The van der Waals surface area contributed by atoms with Gasteiger partial charge in [-0.15, -0.1) is 0 Å². The number of carbonyl (C=O) groups is 3. The molecule has 2 aromatic rings. The third-order valence-electron chi connectivity index (χ3n) is 8.13. The van der Waals surface area contributed by atoms with Crippen molar-refractivity contribution in [2.75, 3.05) is 18.6 Å². The number of alkyl halides is 2. The summed E-state index contributed by atoms with van der Waals surface area (Å²) in [4.78, 5) is 45.5. The average molecular weight is 729 g/mol. The van der Waals surface area contributed by atoms with E-state index in [0.717, 1.165) is 11.1 Å². The fourth-order valence-electron chi connectivity index (χ4n) is 5.88. The first kappa shape index (κ1) is 38.0. The lowest BCUT2D eigenvalue weighted by atomic mass is 9.91. The van der Waals surface area contributed by atoms with Crippen LogP contribution in [0.25, 0.3) is 0 Å². The summed E-state index contributed by atoms with van der Waals surface area (Å²) in [6, 6.07) is -1.64. The van der Waals surface area contributed by atoms with Gasteiger partial charge in [-0.3, -0.25) is 24.4 Å². The number of hydrogen-bond acceptors (Lipinski definition) is 7. The van der Waals surface area contributed by atoms with Crippen LogP contribution < -0.4 is 15.0 Å². The second-order valence-electron chi connectivity index (χ2n) is 13.7. The number of nitrogens with zero attached hydrogens (tertiary/aromatic N) is 3. The zero-order chi connectivity index (χ0) is 36.9. The lowest BCUT2D eigenvalue weighted by Gasteiger charge is -2.41. The summed E-state index contributed by atoms with van der Waals surface area (Å²) in [5.41, 5.74) is -3.32. The van der Waals surface area contributed by atoms with Crippen molar-refractivity contribution in [3.63, 3.8) is 0 Å². The number of hydrogen-bond donors (Lipinski definition) is 2. The molecule has 10 nitrogen and oxygen atoms in total. The van der Waals surface area contributed by atoms with Crippen LogP contribution in [0.5, 0.6) is 5.75 Å². The number of likely N-dealkylation sites (tertiary alicyclic amines) is 1. The molecule has 4 rings (SSSR count). The summed E-state index contributed by atoms with van der Waals surface area (Å²) in [7, 11) is -8.96. The number of amides is 3. The fraction of sp³-hybridized carbons (Fsp3) is 0.548. The van der Waals surface area contributed by atoms with E-state index in [9.17, 15) is 47.7 Å². The van der Waals surface area contributed by atoms with Crippen LogP contribution >= 0.6 is 10.2 Å². The number of benzene rings is 1. The molecule has 1 aromatic carbocycles. The lowest BCUT2D eigenvalue weighted by molar-refractivity contribution is -0.129. The largest absolute Gasteiger partial charge is 0.496 e. The molecular weight excluding hydrogens is 689 g/mol. The zero-order valence-electron chi connectivity index (χ0n) is 27.4. The Hall–Kier alpha value is -3.80. The molecule has 3 amide bonds. The molecule has 1 aliphatic carbocycles. The molecule has 1 unspecified atom stereocenters. The van der Waals surface area contributed by atoms with Gasteiger partial charge in [0.05, 0.1) is 19.3 Å². The monoisotopic (exact) mass is 728 g/mol. The van der Waals surface area contributed by atoms with Gasteiger partial charge in [0.15, 0.2) is 0 Å². The van der Waals surface area contributed by atoms with Gasteiger partial charge in [0.25, 0.3) is 5.91 Å². The van der Waals surface area contributed by atoms with Crippen LogP contribution in [0, 0.1) is 0 Å². The maximum atomic E-state index is 14.7. The summed E-state index contributed by atoms with van der Waals surface area (Å²) in [5.74, 6) is -5.07. The second-order valence-corrected chi connectivity index (χ2v) is 16.1. The van der Waals surface area contributed by atoms with Crippen LogP contribution in [0.3, 0.4) is 0 Å². The average Bonchev–Trinajstić information content (AvgIpc) is 3.30. The minimum Gasteiger partial charge on any atom is -0.496 e. The van der Waals surface area contributed by atoms with E-state index in [0.29, 0.717) is 17.0 Å². The summed E-state index contributed by atoms with van der Waals surface area (Å²) < 4.78 is 107. The minimum absolute atomic E-state index is 0.0193. The van der Waals surface area contributed by atoms with E-state index in [1.165, 1.54) is 26.3 Å². The molecule has 1 saturated heterocycles. The van der Waals surface area contributed by atoms with Crippen molar-refractivity contribution in [3.05, 3.63) is 48.3 Å². The summed E-state index contributed by atoms with van der Waals surface area (Å²) in [6.45, 7) is 5.58. The van der Waals surface area contributed by atoms with E-state index in [1.807, 2.05) is 0 Å². The Bertz CT molecular complexity index is 1580. The molecule has 3 atom stereocenters. The Morgan fingerprint density at radius 3 is 2.18 bits per heavy atom. The van der Waals surface area contributed by atoms with Crippen molar-refractivity contribution >= 4 is 33.8 Å². The van der Waals surface area contributed by atoms with Crippen LogP contribution in [-0.2, 0) is 14.3 Å². The highest BCUT2D eigenvalue weighted by Crippen LogP contribution is 3.02. The highest BCUT2D eigenvalue weighted by atomic mass is 32.5. The summed E-state index contributed by atoms with van der Waals surface area (Å²) in [5, 5.41) is 13.6. The summed E-state index contributed by atoms with van der Waals surface area (Å²) >= 11 is 0. The predicted octanol–water partition coefficient (Wildman–Crippen LogP) is 7.28. The number of nitrogens with one attached hydrogen (secondary N) is 1. The molecule has 18 heteroatoms. The number of aromatic nitrogens is 1. The Labute approximate surface area is 278 Å². The quantitative estimate of drug-likeness (QED) is 0.274. The number of β-amino-alcohol motifs (C(OH)–C–C–N with tert-alkyl or cyclic N) is 1. The molecule has 274 valence electrons. The molecule has 2 aliphatic rings. The van der Waals surface area contributed by atoms with Crippen molar-refractivity contribution in [1.29, 1.82) is 0 Å². The molecule has 0 radical (unpaired) electrons. The molecular formula is C31H39F7N4O6S. The van der Waals surface area contributed by atoms with Gasteiger partial charge in [-0.25, -0.2) is 13.6 Å². The van der Waals surface area contributed by atoms with Gasteiger partial charge < -0.3 is 19.9 Å². The first-order valence-corrected chi connectivity index (χ1v) is 17.2. The fourth-order valence-corrected chi connectivity index (χ4v) is 6.53. The number of aliphatic hydroxyl groups is 1. The van der Waals surface area contributed by atoms with Crippen molar-refractivity contribution in [2.45, 2.75) is 99.9 Å². The van der Waals surface area contributed by atoms with E-state index < -0.39 is 99.8 Å². The van der Waals surface area contributed by atoms with Gasteiger partial charge in [-0.1, -0.05) is 19.4 Å². The first-order chi connectivity index (χ1) is 22.2.